The van der Waals surface area contributed by atoms with E-state index < -0.39 is 8.32 Å². The highest BCUT2D eigenvalue weighted by Crippen LogP contribution is 2.47. The Kier molecular flexibility index (Phi) is 10.3. The third-order valence-electron chi connectivity index (χ3n) is 9.88. The second-order valence-electron chi connectivity index (χ2n) is 13.7. The Morgan fingerprint density at radius 3 is 2.38 bits per heavy atom. The van der Waals surface area contributed by atoms with Gasteiger partial charge in [0.15, 0.2) is 8.32 Å². The van der Waals surface area contributed by atoms with Crippen molar-refractivity contribution in [1.82, 2.24) is 5.32 Å². The Morgan fingerprint density at radius 2 is 1.75 bits per heavy atom. The lowest BCUT2D eigenvalue weighted by atomic mass is 9.72. The maximum Gasteiger partial charge on any atom is 0.223 e. The van der Waals surface area contributed by atoms with Crippen LogP contribution in [-0.2, 0) is 9.22 Å². The van der Waals surface area contributed by atoms with E-state index in [4.69, 9.17) is 9.16 Å². The third kappa shape index (κ3) is 7.41. The number of hydrogen-bond acceptors (Lipinski definition) is 3. The fourth-order valence-electron chi connectivity index (χ4n) is 6.47. The number of rotatable bonds is 8. The van der Waals surface area contributed by atoms with Crippen molar-refractivity contribution in [3.05, 3.63) is 63.6 Å². The summed E-state index contributed by atoms with van der Waals surface area (Å²) in [6.45, 7) is 13.8. The lowest BCUT2D eigenvalue weighted by Gasteiger charge is -2.46. The van der Waals surface area contributed by atoms with Gasteiger partial charge < -0.3 is 14.5 Å². The zero-order valence-corrected chi connectivity index (χ0v) is 28.3. The summed E-state index contributed by atoms with van der Waals surface area (Å²) in [4.78, 5) is 13.6. The van der Waals surface area contributed by atoms with Crippen molar-refractivity contribution < 1.29 is 14.0 Å². The van der Waals surface area contributed by atoms with Crippen LogP contribution < -0.4 is 10.1 Å². The molecular formula is C34H50BrNO3Si. The molecule has 40 heavy (non-hydrogen) atoms. The summed E-state index contributed by atoms with van der Waals surface area (Å²) >= 11 is 3.69. The van der Waals surface area contributed by atoms with Gasteiger partial charge in [0.1, 0.15) is 5.75 Å². The maximum atomic E-state index is 13.6. The minimum absolute atomic E-state index is 0.0176. The second kappa shape index (κ2) is 13.1. The fraction of sp³-hybridized carbons (Fsp3) is 0.618. The first-order valence-corrected chi connectivity index (χ1v) is 19.0. The van der Waals surface area contributed by atoms with E-state index >= 15 is 0 Å². The first kappa shape index (κ1) is 31.3. The highest BCUT2D eigenvalue weighted by atomic mass is 79.9. The largest absolute Gasteiger partial charge is 0.496 e. The van der Waals surface area contributed by atoms with Crippen molar-refractivity contribution in [3.63, 3.8) is 0 Å². The molecule has 0 aliphatic heterocycles. The molecule has 1 N–H and O–H groups in total. The van der Waals surface area contributed by atoms with Crippen LogP contribution in [0.15, 0.2) is 46.9 Å². The van der Waals surface area contributed by atoms with E-state index in [9.17, 15) is 4.79 Å². The SMILES string of the molecule is COc1ccc(C2CCC(C(NC(=O)C3CCCCC3)c3cccc(Br)c3)CC2O[Si](C)(C)C(C)(C)C)cc1C. The number of aryl methyl sites for hydroxylation is 1. The average molecular weight is 629 g/mol. The second-order valence-corrected chi connectivity index (χ2v) is 19.4. The van der Waals surface area contributed by atoms with Crippen LogP contribution in [0.1, 0.15) is 101 Å². The molecule has 0 saturated heterocycles. The van der Waals surface area contributed by atoms with E-state index in [0.29, 0.717) is 11.8 Å². The summed E-state index contributed by atoms with van der Waals surface area (Å²) in [6.07, 6.45) is 8.73. The molecule has 0 heterocycles. The van der Waals surface area contributed by atoms with Gasteiger partial charge in [-0.05, 0) is 98.0 Å². The van der Waals surface area contributed by atoms with E-state index in [1.807, 2.05) is 0 Å². The number of amides is 1. The van der Waals surface area contributed by atoms with E-state index in [0.717, 1.165) is 55.2 Å². The molecule has 2 aliphatic rings. The van der Waals surface area contributed by atoms with Crippen molar-refractivity contribution >= 4 is 30.2 Å². The zero-order chi connectivity index (χ0) is 29.1. The Morgan fingerprint density at radius 1 is 1.02 bits per heavy atom. The summed E-state index contributed by atoms with van der Waals surface area (Å²) < 4.78 is 13.9. The minimum atomic E-state index is -2.03. The molecule has 4 rings (SSSR count). The topological polar surface area (TPSA) is 47.6 Å². The molecule has 220 valence electrons. The van der Waals surface area contributed by atoms with Crippen molar-refractivity contribution in [2.75, 3.05) is 7.11 Å². The Balaban J connectivity index is 1.66. The van der Waals surface area contributed by atoms with Crippen molar-refractivity contribution in [3.8, 4) is 5.75 Å². The Hall–Kier alpha value is -1.63. The molecule has 0 aromatic heterocycles. The molecule has 4 unspecified atom stereocenters. The molecule has 4 nitrogen and oxygen atoms in total. The lowest BCUT2D eigenvalue weighted by molar-refractivity contribution is -0.127. The van der Waals surface area contributed by atoms with Crippen molar-refractivity contribution in [2.24, 2.45) is 11.8 Å². The van der Waals surface area contributed by atoms with E-state index in [2.05, 4.69) is 105 Å². The number of halogens is 1. The van der Waals surface area contributed by atoms with Crippen molar-refractivity contribution in [1.29, 1.82) is 0 Å². The van der Waals surface area contributed by atoms with Gasteiger partial charge >= 0.3 is 0 Å². The summed E-state index contributed by atoms with van der Waals surface area (Å²) in [5.41, 5.74) is 3.69. The maximum absolute atomic E-state index is 13.6. The van der Waals surface area contributed by atoms with Gasteiger partial charge in [-0.15, -0.1) is 0 Å². The number of ether oxygens (including phenoxy) is 1. The van der Waals surface area contributed by atoms with Crippen molar-refractivity contribution in [2.45, 2.75) is 115 Å². The van der Waals surface area contributed by atoms with E-state index in [1.165, 1.54) is 23.1 Å². The van der Waals surface area contributed by atoms with Crippen LogP contribution in [0.4, 0.5) is 0 Å². The molecule has 0 radical (unpaired) electrons. The van der Waals surface area contributed by atoms with Gasteiger partial charge in [-0.2, -0.15) is 0 Å². The standard InChI is InChI=1S/C34H50BrNO3Si/c1-23-20-25(17-19-30(23)38-5)29-18-16-27(22-31(29)39-40(6,7)34(2,3)4)32(26-14-11-15-28(35)21-26)36-33(37)24-12-9-8-10-13-24/h11,14-15,17,19-21,24,27,29,31-32H,8-10,12-13,16,18,22H2,1-7H3,(H,36,37). The zero-order valence-electron chi connectivity index (χ0n) is 25.7. The van der Waals surface area contributed by atoms with Crippen LogP contribution in [0.25, 0.3) is 0 Å². The van der Waals surface area contributed by atoms with Crippen LogP contribution >= 0.6 is 15.9 Å². The van der Waals surface area contributed by atoms with Gasteiger partial charge in [0.25, 0.3) is 0 Å². The molecule has 2 aliphatic carbocycles. The monoisotopic (exact) mass is 627 g/mol. The summed E-state index contributed by atoms with van der Waals surface area (Å²) in [5, 5.41) is 3.70. The Bertz CT molecular complexity index is 1150. The molecule has 6 heteroatoms. The first-order chi connectivity index (χ1) is 18.9. The van der Waals surface area contributed by atoms with Crippen LogP contribution in [0, 0.1) is 18.8 Å². The number of benzene rings is 2. The number of methoxy groups -OCH3 is 1. The van der Waals surface area contributed by atoms with Crippen LogP contribution in [0.5, 0.6) is 5.75 Å². The molecule has 0 spiro atoms. The number of carbonyl (C=O) groups excluding carboxylic acids is 1. The summed E-state index contributed by atoms with van der Waals surface area (Å²) in [6, 6.07) is 15.1. The fourth-order valence-corrected chi connectivity index (χ4v) is 8.26. The molecule has 1 amide bonds. The van der Waals surface area contributed by atoms with Gasteiger partial charge in [0, 0.05) is 16.3 Å². The first-order valence-electron chi connectivity index (χ1n) is 15.3. The number of carbonyl (C=O) groups is 1. The molecule has 0 bridgehead atoms. The molecule has 4 atom stereocenters. The highest BCUT2D eigenvalue weighted by molar-refractivity contribution is 9.10. The normalized spacial score (nSPS) is 23.4. The van der Waals surface area contributed by atoms with Crippen LogP contribution in [0.2, 0.25) is 18.1 Å². The summed E-state index contributed by atoms with van der Waals surface area (Å²) in [5.74, 6) is 1.94. The molecular weight excluding hydrogens is 578 g/mol. The highest BCUT2D eigenvalue weighted by Gasteiger charge is 2.44. The third-order valence-corrected chi connectivity index (χ3v) is 14.9. The van der Waals surface area contributed by atoms with Gasteiger partial charge in [-0.1, -0.05) is 80.2 Å². The smallest absolute Gasteiger partial charge is 0.223 e. The quantitative estimate of drug-likeness (QED) is 0.296. The predicted molar refractivity (Wildman–Crippen MR) is 171 cm³/mol. The number of hydrogen-bond donors (Lipinski definition) is 1. The predicted octanol–water partition coefficient (Wildman–Crippen LogP) is 9.48. The molecule has 2 fully saturated rings. The minimum Gasteiger partial charge on any atom is -0.496 e. The molecule has 2 aromatic rings. The average Bonchev–Trinajstić information content (AvgIpc) is 2.91. The number of nitrogens with one attached hydrogen (secondary N) is 1. The van der Waals surface area contributed by atoms with Gasteiger partial charge in [-0.25, -0.2) is 0 Å². The van der Waals surface area contributed by atoms with Crippen LogP contribution in [-0.4, -0.2) is 27.4 Å². The van der Waals surface area contributed by atoms with E-state index in [1.54, 1.807) is 7.11 Å². The Labute approximate surface area is 252 Å². The molecule has 2 saturated carbocycles. The lowest BCUT2D eigenvalue weighted by Crippen LogP contribution is -2.48. The van der Waals surface area contributed by atoms with Gasteiger partial charge in [0.05, 0.1) is 19.3 Å². The van der Waals surface area contributed by atoms with Crippen LogP contribution in [0.3, 0.4) is 0 Å². The van der Waals surface area contributed by atoms with E-state index in [-0.39, 0.29) is 29.0 Å². The molecule has 2 aromatic carbocycles. The summed E-state index contributed by atoms with van der Waals surface area (Å²) in [7, 11) is -0.293. The van der Waals surface area contributed by atoms with Gasteiger partial charge in [0.2, 0.25) is 5.91 Å². The van der Waals surface area contributed by atoms with Gasteiger partial charge in [-0.3, -0.25) is 4.79 Å².